The number of hydrogen-bond donors (Lipinski definition) is 2. The fourth-order valence-corrected chi connectivity index (χ4v) is 2.79. The van der Waals surface area contributed by atoms with Crippen LogP contribution in [0.4, 0.5) is 0 Å². The summed E-state index contributed by atoms with van der Waals surface area (Å²) in [5.74, 6) is 0. The molecular formula is C22H23BO2. The largest absolute Gasteiger partial charge is 0.489 e. The van der Waals surface area contributed by atoms with Gasteiger partial charge in [0.2, 0.25) is 0 Å². The lowest BCUT2D eigenvalue weighted by Gasteiger charge is -2.18. The van der Waals surface area contributed by atoms with E-state index in [0.29, 0.717) is 5.47 Å². The van der Waals surface area contributed by atoms with E-state index in [9.17, 15) is 10.0 Å². The third-order valence-electron chi connectivity index (χ3n) is 3.92. The summed E-state index contributed by atoms with van der Waals surface area (Å²) in [6, 6.07) is 19.3. The standard InChI is InChI=1S/C22H23BO2/c1-3-5-8-13-18(4-2)21(19-14-9-6-10-15-19)22(23(24)25)20-16-11-7-12-17-20/h3,5-17,24-25H,1,4H2,2H3/b8-5-,18-13+,22-21+. The van der Waals surface area contributed by atoms with Crippen LogP contribution in [0.15, 0.2) is 97.1 Å². The van der Waals surface area contributed by atoms with E-state index < -0.39 is 7.12 Å². The normalized spacial score (nSPS) is 12.8. The molecule has 0 saturated heterocycles. The van der Waals surface area contributed by atoms with Crippen LogP contribution in [0.5, 0.6) is 0 Å². The molecule has 3 heteroatoms. The van der Waals surface area contributed by atoms with Gasteiger partial charge in [0, 0.05) is 0 Å². The highest BCUT2D eigenvalue weighted by Crippen LogP contribution is 2.34. The van der Waals surface area contributed by atoms with Gasteiger partial charge in [-0.25, -0.2) is 0 Å². The zero-order valence-corrected chi connectivity index (χ0v) is 14.5. The first-order valence-corrected chi connectivity index (χ1v) is 8.38. The third-order valence-corrected chi connectivity index (χ3v) is 3.92. The molecule has 0 atom stereocenters. The van der Waals surface area contributed by atoms with E-state index >= 15 is 0 Å². The van der Waals surface area contributed by atoms with Crippen LogP contribution in [0.1, 0.15) is 24.5 Å². The molecule has 0 aliphatic carbocycles. The van der Waals surface area contributed by atoms with Gasteiger partial charge in [-0.2, -0.15) is 0 Å². The molecule has 0 radical (unpaired) electrons. The molecule has 2 nitrogen and oxygen atoms in total. The number of hydrogen-bond acceptors (Lipinski definition) is 2. The Morgan fingerprint density at radius 2 is 1.48 bits per heavy atom. The Balaban J connectivity index is 2.78. The van der Waals surface area contributed by atoms with Crippen molar-refractivity contribution in [3.8, 4) is 0 Å². The minimum Gasteiger partial charge on any atom is -0.423 e. The average Bonchev–Trinajstić information content (AvgIpc) is 2.65. The predicted molar refractivity (Wildman–Crippen MR) is 108 cm³/mol. The van der Waals surface area contributed by atoms with Crippen LogP contribution >= 0.6 is 0 Å². The summed E-state index contributed by atoms with van der Waals surface area (Å²) in [6.45, 7) is 5.75. The molecule has 0 aromatic heterocycles. The maximum Gasteiger partial charge on any atom is 0.489 e. The zero-order valence-electron chi connectivity index (χ0n) is 14.5. The topological polar surface area (TPSA) is 40.5 Å². The lowest BCUT2D eigenvalue weighted by atomic mass is 9.69. The summed E-state index contributed by atoms with van der Waals surface area (Å²) >= 11 is 0. The van der Waals surface area contributed by atoms with Crippen molar-refractivity contribution < 1.29 is 10.0 Å². The molecule has 2 aromatic rings. The van der Waals surface area contributed by atoms with Gasteiger partial charge in [-0.15, -0.1) is 0 Å². The summed E-state index contributed by atoms with van der Waals surface area (Å²) in [7, 11) is -1.57. The lowest BCUT2D eigenvalue weighted by molar-refractivity contribution is 0.427. The van der Waals surface area contributed by atoms with Crippen LogP contribution in [-0.4, -0.2) is 17.2 Å². The van der Waals surface area contributed by atoms with Crippen molar-refractivity contribution in [1.82, 2.24) is 0 Å². The molecule has 126 valence electrons. The molecule has 0 saturated carbocycles. The van der Waals surface area contributed by atoms with E-state index in [1.54, 1.807) is 6.08 Å². The average molecular weight is 330 g/mol. The molecule has 0 unspecified atom stereocenters. The first-order valence-electron chi connectivity index (χ1n) is 8.38. The van der Waals surface area contributed by atoms with Crippen LogP contribution in [0.3, 0.4) is 0 Å². The molecule has 0 bridgehead atoms. The Labute approximate surface area is 150 Å². The molecule has 2 N–H and O–H groups in total. The maximum atomic E-state index is 10.1. The highest BCUT2D eigenvalue weighted by atomic mass is 16.4. The van der Waals surface area contributed by atoms with E-state index in [1.807, 2.05) is 78.9 Å². The Morgan fingerprint density at radius 3 is 1.96 bits per heavy atom. The van der Waals surface area contributed by atoms with Crippen LogP contribution in [0.25, 0.3) is 11.0 Å². The molecule has 0 aliphatic heterocycles. The van der Waals surface area contributed by atoms with Crippen molar-refractivity contribution in [3.63, 3.8) is 0 Å². The van der Waals surface area contributed by atoms with Gasteiger partial charge in [-0.1, -0.05) is 98.5 Å². The van der Waals surface area contributed by atoms with E-state index in [1.165, 1.54) is 0 Å². The fourth-order valence-electron chi connectivity index (χ4n) is 2.79. The second kappa shape index (κ2) is 9.63. The number of allylic oxidation sites excluding steroid dienone is 6. The van der Waals surface area contributed by atoms with Gasteiger partial charge >= 0.3 is 7.12 Å². The fraction of sp³-hybridized carbons (Fsp3) is 0.0909. The van der Waals surface area contributed by atoms with Crippen LogP contribution in [0, 0.1) is 0 Å². The van der Waals surface area contributed by atoms with Crippen LogP contribution in [0.2, 0.25) is 0 Å². The van der Waals surface area contributed by atoms with Crippen molar-refractivity contribution in [3.05, 3.63) is 108 Å². The molecule has 25 heavy (non-hydrogen) atoms. The molecule has 0 heterocycles. The Kier molecular flexibility index (Phi) is 7.21. The smallest absolute Gasteiger partial charge is 0.423 e. The third kappa shape index (κ3) is 4.93. The van der Waals surface area contributed by atoms with Crippen LogP contribution < -0.4 is 0 Å². The first-order chi connectivity index (χ1) is 12.2. The van der Waals surface area contributed by atoms with Gasteiger partial charge in [-0.3, -0.25) is 0 Å². The summed E-state index contributed by atoms with van der Waals surface area (Å²) in [4.78, 5) is 0. The second-order valence-electron chi connectivity index (χ2n) is 5.56. The van der Waals surface area contributed by atoms with Gasteiger partial charge in [0.1, 0.15) is 0 Å². The van der Waals surface area contributed by atoms with E-state index in [-0.39, 0.29) is 0 Å². The first kappa shape index (κ1) is 18.7. The minimum atomic E-state index is -1.57. The molecule has 0 amide bonds. The van der Waals surface area contributed by atoms with Crippen molar-refractivity contribution in [2.75, 3.05) is 0 Å². The minimum absolute atomic E-state index is 0.506. The van der Waals surface area contributed by atoms with Gasteiger partial charge in [0.05, 0.1) is 0 Å². The highest BCUT2D eigenvalue weighted by molar-refractivity contribution is 6.68. The van der Waals surface area contributed by atoms with Gasteiger partial charge in [-0.05, 0) is 34.2 Å². The van der Waals surface area contributed by atoms with Crippen molar-refractivity contribution in [2.45, 2.75) is 13.3 Å². The molecule has 2 rings (SSSR count). The summed E-state index contributed by atoms with van der Waals surface area (Å²) in [5.41, 5.74) is 4.12. The van der Waals surface area contributed by atoms with Crippen LogP contribution in [-0.2, 0) is 0 Å². The lowest BCUT2D eigenvalue weighted by Crippen LogP contribution is -2.17. The molecule has 0 aliphatic rings. The maximum absolute atomic E-state index is 10.1. The van der Waals surface area contributed by atoms with Crippen molar-refractivity contribution in [1.29, 1.82) is 0 Å². The molecule has 0 spiro atoms. The van der Waals surface area contributed by atoms with E-state index in [2.05, 4.69) is 13.5 Å². The second-order valence-corrected chi connectivity index (χ2v) is 5.56. The SMILES string of the molecule is C=C\C=C/C=C(CC)/C(=C(\B(O)O)c1ccccc1)c1ccccc1. The highest BCUT2D eigenvalue weighted by Gasteiger charge is 2.24. The van der Waals surface area contributed by atoms with Crippen molar-refractivity contribution in [2.24, 2.45) is 0 Å². The Morgan fingerprint density at radius 1 is 0.920 bits per heavy atom. The predicted octanol–water partition coefficient (Wildman–Crippen LogP) is 4.69. The molecular weight excluding hydrogens is 307 g/mol. The van der Waals surface area contributed by atoms with E-state index in [4.69, 9.17) is 0 Å². The summed E-state index contributed by atoms with van der Waals surface area (Å²) in [5, 5.41) is 20.3. The van der Waals surface area contributed by atoms with Crippen molar-refractivity contribution >= 4 is 18.2 Å². The number of benzene rings is 2. The molecule has 0 fully saturated rings. The Hall–Kier alpha value is -2.62. The quantitative estimate of drug-likeness (QED) is 0.439. The van der Waals surface area contributed by atoms with Gasteiger partial charge in [0.25, 0.3) is 0 Å². The Bertz CT molecular complexity index is 772. The molecule has 2 aromatic carbocycles. The van der Waals surface area contributed by atoms with E-state index in [0.717, 1.165) is 28.7 Å². The zero-order chi connectivity index (χ0) is 18.1. The number of rotatable bonds is 7. The summed E-state index contributed by atoms with van der Waals surface area (Å²) in [6.07, 6.45) is 8.25. The summed E-state index contributed by atoms with van der Waals surface area (Å²) < 4.78 is 0. The van der Waals surface area contributed by atoms with Gasteiger partial charge in [0.15, 0.2) is 0 Å². The monoisotopic (exact) mass is 330 g/mol. The van der Waals surface area contributed by atoms with Gasteiger partial charge < -0.3 is 10.0 Å².